The highest BCUT2D eigenvalue weighted by atomic mass is 32.1. The molecule has 0 amide bonds. The zero-order chi connectivity index (χ0) is 13.8. The minimum Gasteiger partial charge on any atom is -0.398 e. The van der Waals surface area contributed by atoms with Gasteiger partial charge in [-0.3, -0.25) is 0 Å². The predicted octanol–water partition coefficient (Wildman–Crippen LogP) is 3.93. The zero-order valence-corrected chi connectivity index (χ0v) is 12.5. The van der Waals surface area contributed by atoms with Gasteiger partial charge in [0.25, 0.3) is 0 Å². The van der Waals surface area contributed by atoms with Gasteiger partial charge in [-0.05, 0) is 42.8 Å². The van der Waals surface area contributed by atoms with Gasteiger partial charge in [0.15, 0.2) is 0 Å². The van der Waals surface area contributed by atoms with Crippen LogP contribution >= 0.6 is 11.3 Å². The largest absolute Gasteiger partial charge is 0.398 e. The van der Waals surface area contributed by atoms with Gasteiger partial charge >= 0.3 is 0 Å². The van der Waals surface area contributed by atoms with Gasteiger partial charge in [0.1, 0.15) is 0 Å². The van der Waals surface area contributed by atoms with Crippen molar-refractivity contribution in [1.82, 2.24) is 0 Å². The average Bonchev–Trinajstić information content (AvgIpc) is 2.92. The number of thiophene rings is 1. The van der Waals surface area contributed by atoms with Gasteiger partial charge in [-0.2, -0.15) is 0 Å². The molecule has 3 rings (SSSR count). The number of nitrogen functional groups attached to an aromatic ring is 1. The van der Waals surface area contributed by atoms with Crippen molar-refractivity contribution >= 4 is 28.4 Å². The highest BCUT2D eigenvalue weighted by molar-refractivity contribution is 7.10. The maximum absolute atomic E-state index is 5.95. The van der Waals surface area contributed by atoms with E-state index in [9.17, 15) is 0 Å². The Labute approximate surface area is 124 Å². The second kappa shape index (κ2) is 6.18. The number of nitrogens with two attached hydrogens (primary N) is 1. The summed E-state index contributed by atoms with van der Waals surface area (Å²) in [7, 11) is 0. The molecule has 2 heterocycles. The van der Waals surface area contributed by atoms with E-state index in [1.165, 1.54) is 48.6 Å². The SMILES string of the molecule is Nc1ccsc1CNc1ccccc1N1CCCCC1. The van der Waals surface area contributed by atoms with Crippen LogP contribution in [0.2, 0.25) is 0 Å². The van der Waals surface area contributed by atoms with Gasteiger partial charge in [-0.15, -0.1) is 11.3 Å². The lowest BCUT2D eigenvalue weighted by atomic mass is 10.1. The smallest absolute Gasteiger partial charge is 0.0602 e. The van der Waals surface area contributed by atoms with Crippen molar-refractivity contribution < 1.29 is 0 Å². The number of benzene rings is 1. The molecule has 0 bridgehead atoms. The first kappa shape index (κ1) is 13.3. The molecule has 0 unspecified atom stereocenters. The third kappa shape index (κ3) is 2.90. The highest BCUT2D eigenvalue weighted by Crippen LogP contribution is 2.29. The Morgan fingerprint density at radius 3 is 2.65 bits per heavy atom. The molecule has 0 atom stereocenters. The molecule has 0 saturated carbocycles. The van der Waals surface area contributed by atoms with Crippen LogP contribution in [0.15, 0.2) is 35.7 Å². The molecule has 1 aliphatic heterocycles. The number of nitrogens with one attached hydrogen (secondary N) is 1. The van der Waals surface area contributed by atoms with Crippen molar-refractivity contribution in [2.75, 3.05) is 29.0 Å². The summed E-state index contributed by atoms with van der Waals surface area (Å²) < 4.78 is 0. The lowest BCUT2D eigenvalue weighted by Gasteiger charge is -2.30. The third-order valence-electron chi connectivity index (χ3n) is 3.82. The first-order chi connectivity index (χ1) is 9.84. The van der Waals surface area contributed by atoms with Crippen molar-refractivity contribution in [2.45, 2.75) is 25.8 Å². The van der Waals surface area contributed by atoms with E-state index in [1.54, 1.807) is 11.3 Å². The third-order valence-corrected chi connectivity index (χ3v) is 4.76. The van der Waals surface area contributed by atoms with Crippen molar-refractivity contribution in [3.63, 3.8) is 0 Å². The number of para-hydroxylation sites is 2. The Kier molecular flexibility index (Phi) is 4.11. The molecule has 1 aliphatic rings. The van der Waals surface area contributed by atoms with Gasteiger partial charge in [-0.25, -0.2) is 0 Å². The van der Waals surface area contributed by atoms with E-state index in [0.29, 0.717) is 0 Å². The van der Waals surface area contributed by atoms with Crippen molar-refractivity contribution in [2.24, 2.45) is 0 Å². The molecule has 1 aromatic carbocycles. The molecule has 0 radical (unpaired) electrons. The van der Waals surface area contributed by atoms with Crippen LogP contribution in [0.4, 0.5) is 17.1 Å². The molecule has 1 aromatic heterocycles. The molecule has 3 nitrogen and oxygen atoms in total. The molecular formula is C16H21N3S. The number of anilines is 3. The summed E-state index contributed by atoms with van der Waals surface area (Å²) in [5.74, 6) is 0. The summed E-state index contributed by atoms with van der Waals surface area (Å²) in [6, 6.07) is 10.6. The van der Waals surface area contributed by atoms with Crippen LogP contribution in [0, 0.1) is 0 Å². The molecular weight excluding hydrogens is 266 g/mol. The molecule has 4 heteroatoms. The Balaban J connectivity index is 1.74. The molecule has 1 fully saturated rings. The van der Waals surface area contributed by atoms with Crippen molar-refractivity contribution in [3.8, 4) is 0 Å². The first-order valence-corrected chi connectivity index (χ1v) is 8.12. The Morgan fingerprint density at radius 1 is 1.10 bits per heavy atom. The topological polar surface area (TPSA) is 41.3 Å². The summed E-state index contributed by atoms with van der Waals surface area (Å²) in [6.07, 6.45) is 3.95. The fraction of sp³-hybridized carbons (Fsp3) is 0.375. The Bertz CT molecular complexity index is 558. The molecule has 1 saturated heterocycles. The number of piperidine rings is 1. The fourth-order valence-electron chi connectivity index (χ4n) is 2.70. The predicted molar refractivity (Wildman–Crippen MR) is 88.6 cm³/mol. The van der Waals surface area contributed by atoms with Gasteiger partial charge in [0.2, 0.25) is 0 Å². The summed E-state index contributed by atoms with van der Waals surface area (Å²) >= 11 is 1.71. The van der Waals surface area contributed by atoms with Crippen LogP contribution in [-0.2, 0) is 6.54 Å². The Morgan fingerprint density at radius 2 is 1.90 bits per heavy atom. The van der Waals surface area contributed by atoms with Crippen LogP contribution < -0.4 is 16.0 Å². The normalized spacial score (nSPS) is 15.3. The molecule has 0 spiro atoms. The summed E-state index contributed by atoms with van der Waals surface area (Å²) in [6.45, 7) is 3.13. The van der Waals surface area contributed by atoms with E-state index in [0.717, 1.165) is 12.2 Å². The van der Waals surface area contributed by atoms with Crippen LogP contribution in [0.25, 0.3) is 0 Å². The Hall–Kier alpha value is -1.68. The second-order valence-corrected chi connectivity index (χ2v) is 6.22. The lowest BCUT2D eigenvalue weighted by molar-refractivity contribution is 0.578. The van der Waals surface area contributed by atoms with Crippen molar-refractivity contribution in [3.05, 3.63) is 40.6 Å². The molecule has 106 valence electrons. The number of rotatable bonds is 4. The maximum atomic E-state index is 5.95. The minimum absolute atomic E-state index is 0.800. The van der Waals surface area contributed by atoms with Gasteiger partial charge in [-0.1, -0.05) is 12.1 Å². The second-order valence-electron chi connectivity index (χ2n) is 5.22. The molecule has 2 aromatic rings. The molecule has 0 aliphatic carbocycles. The summed E-state index contributed by atoms with van der Waals surface area (Å²) in [4.78, 5) is 3.70. The van der Waals surface area contributed by atoms with E-state index in [-0.39, 0.29) is 0 Å². The van der Waals surface area contributed by atoms with Gasteiger partial charge in [0.05, 0.1) is 17.9 Å². The summed E-state index contributed by atoms with van der Waals surface area (Å²) in [5.41, 5.74) is 9.36. The van der Waals surface area contributed by atoms with Crippen LogP contribution in [0.5, 0.6) is 0 Å². The number of hydrogen-bond acceptors (Lipinski definition) is 4. The average molecular weight is 287 g/mol. The van der Waals surface area contributed by atoms with E-state index in [2.05, 4.69) is 34.5 Å². The van der Waals surface area contributed by atoms with Crippen LogP contribution in [0.3, 0.4) is 0 Å². The molecule has 20 heavy (non-hydrogen) atoms. The van der Waals surface area contributed by atoms with E-state index in [4.69, 9.17) is 5.73 Å². The first-order valence-electron chi connectivity index (χ1n) is 7.24. The highest BCUT2D eigenvalue weighted by Gasteiger charge is 2.14. The van der Waals surface area contributed by atoms with Gasteiger partial charge < -0.3 is 16.0 Å². The minimum atomic E-state index is 0.800. The monoisotopic (exact) mass is 287 g/mol. The standard InChI is InChI=1S/C16H21N3S/c17-13-8-11-20-16(13)12-18-14-6-2-3-7-15(14)19-9-4-1-5-10-19/h2-3,6-8,11,18H,1,4-5,9-10,12,17H2. The number of hydrogen-bond donors (Lipinski definition) is 2. The zero-order valence-electron chi connectivity index (χ0n) is 11.6. The van der Waals surface area contributed by atoms with Crippen LogP contribution in [-0.4, -0.2) is 13.1 Å². The quantitative estimate of drug-likeness (QED) is 0.895. The van der Waals surface area contributed by atoms with E-state index < -0.39 is 0 Å². The summed E-state index contributed by atoms with van der Waals surface area (Å²) in [5, 5.41) is 5.59. The maximum Gasteiger partial charge on any atom is 0.0602 e. The lowest BCUT2D eigenvalue weighted by Crippen LogP contribution is -2.30. The number of nitrogens with zero attached hydrogens (tertiary/aromatic N) is 1. The fourth-order valence-corrected chi connectivity index (χ4v) is 3.44. The van der Waals surface area contributed by atoms with E-state index >= 15 is 0 Å². The van der Waals surface area contributed by atoms with Gasteiger partial charge in [0, 0.05) is 23.7 Å². The van der Waals surface area contributed by atoms with Crippen molar-refractivity contribution in [1.29, 1.82) is 0 Å². The van der Waals surface area contributed by atoms with Crippen LogP contribution in [0.1, 0.15) is 24.1 Å². The molecule has 3 N–H and O–H groups in total. The van der Waals surface area contributed by atoms with E-state index in [1.807, 2.05) is 11.4 Å².